The third kappa shape index (κ3) is 5.85. The van der Waals surface area contributed by atoms with Crippen LogP contribution in [0.1, 0.15) is 118 Å². The van der Waals surface area contributed by atoms with Crippen molar-refractivity contribution in [2.45, 2.75) is 166 Å². The molecular weight excluding hydrogens is 696 g/mol. The van der Waals surface area contributed by atoms with E-state index in [2.05, 4.69) is 46.9 Å². The molecule has 0 unspecified atom stereocenters. The molecule has 11 heteroatoms. The lowest BCUT2D eigenvalue weighted by Gasteiger charge is -2.62. The molecule has 6 heterocycles. The minimum Gasteiger partial charge on any atom is -0.371 e. The normalized spacial score (nSPS) is 50.0. The Morgan fingerprint density at radius 1 is 0.792 bits per heavy atom. The molecule has 0 radical (unpaired) electrons. The molecule has 0 aromatic heterocycles. The number of rotatable bonds is 5. The lowest BCUT2D eigenvalue weighted by atomic mass is 9.55. The second-order valence-corrected chi connectivity index (χ2v) is 19.6. The number of carbonyl (C=O) groups is 1. The summed E-state index contributed by atoms with van der Waals surface area (Å²) in [6.07, 6.45) is 9.07. The van der Waals surface area contributed by atoms with Gasteiger partial charge < -0.3 is 9.47 Å². The number of halogens is 1. The Kier molecular flexibility index (Phi) is 9.13. The smallest absolute Gasteiger partial charge is 0.371 e. The maximum atomic E-state index is 13.4. The number of nitrogens with zero attached hydrogens (tertiary/aromatic N) is 1. The third-order valence-corrected chi connectivity index (χ3v) is 16.0. The average molecular weight is 755 g/mol. The van der Waals surface area contributed by atoms with Crippen LogP contribution in [0.5, 0.6) is 0 Å². The van der Waals surface area contributed by atoms with E-state index < -0.39 is 22.9 Å². The van der Waals surface area contributed by atoms with Crippen molar-refractivity contribution in [1.29, 1.82) is 0 Å². The van der Waals surface area contributed by atoms with Gasteiger partial charge >= 0.3 is 6.09 Å². The molecule has 1 aromatic rings. The number of hydrogen-bond acceptors (Lipinski definition) is 9. The van der Waals surface area contributed by atoms with E-state index in [-0.39, 0.29) is 53.7 Å². The average Bonchev–Trinajstić information content (AvgIpc) is 3.48. The molecule has 4 saturated carbocycles. The van der Waals surface area contributed by atoms with E-state index in [0.29, 0.717) is 46.5 Å². The van der Waals surface area contributed by atoms with Gasteiger partial charge in [-0.15, -0.1) is 0 Å². The maximum absolute atomic E-state index is 13.4. The maximum Gasteiger partial charge on any atom is 0.437 e. The van der Waals surface area contributed by atoms with Crippen LogP contribution in [0.15, 0.2) is 23.4 Å². The van der Waals surface area contributed by atoms with Gasteiger partial charge in [-0.05, 0) is 143 Å². The van der Waals surface area contributed by atoms with Crippen molar-refractivity contribution < 1.29 is 38.7 Å². The van der Waals surface area contributed by atoms with E-state index in [1.807, 2.05) is 19.1 Å². The number of hydrogen-bond donors (Lipinski definition) is 1. The lowest BCUT2D eigenvalue weighted by Crippen LogP contribution is -2.71. The molecule has 2 spiro atoms. The number of oxime groups is 1. The zero-order valence-electron chi connectivity index (χ0n) is 32.5. The molecule has 6 aliphatic heterocycles. The molecule has 1 amide bonds. The summed E-state index contributed by atoms with van der Waals surface area (Å²) in [6.45, 7) is 15.6. The van der Waals surface area contributed by atoms with Gasteiger partial charge in [-0.25, -0.2) is 24.3 Å². The fraction of sp³-hybridized carbons (Fsp3) is 0.810. The molecule has 6 saturated heterocycles. The van der Waals surface area contributed by atoms with Gasteiger partial charge in [-0.1, -0.05) is 44.5 Å². The number of fused-ring (bicyclic) bond motifs is 4. The van der Waals surface area contributed by atoms with Gasteiger partial charge in [0.15, 0.2) is 0 Å². The summed E-state index contributed by atoms with van der Waals surface area (Å²) in [7, 11) is 0. The van der Waals surface area contributed by atoms with Crippen LogP contribution in [0, 0.1) is 54.3 Å². The number of aryl methyl sites for hydroxylation is 1. The van der Waals surface area contributed by atoms with Gasteiger partial charge in [-0.2, -0.15) is 0 Å². The first-order valence-corrected chi connectivity index (χ1v) is 21.0. The number of amides is 1. The van der Waals surface area contributed by atoms with Gasteiger partial charge in [0.05, 0.1) is 24.0 Å². The van der Waals surface area contributed by atoms with E-state index in [4.69, 9.17) is 50.6 Å². The summed E-state index contributed by atoms with van der Waals surface area (Å²) < 4.78 is 14.6. The molecule has 4 aliphatic carbocycles. The third-order valence-electron chi connectivity index (χ3n) is 15.8. The van der Waals surface area contributed by atoms with Crippen molar-refractivity contribution in [3.8, 4) is 0 Å². The number of anilines is 1. The van der Waals surface area contributed by atoms with Crippen LogP contribution in [-0.2, 0) is 33.9 Å². The number of nitrogens with one attached hydrogen (secondary N) is 1. The summed E-state index contributed by atoms with van der Waals surface area (Å²) in [6, 6.07) is 5.40. The summed E-state index contributed by atoms with van der Waals surface area (Å²) in [5.74, 6) is 2.52. The predicted octanol–water partition coefficient (Wildman–Crippen LogP) is 9.36. The van der Waals surface area contributed by atoms with Crippen LogP contribution in [0.25, 0.3) is 0 Å². The van der Waals surface area contributed by atoms with Crippen molar-refractivity contribution in [3.63, 3.8) is 0 Å². The van der Waals surface area contributed by atoms with Crippen LogP contribution < -0.4 is 5.32 Å². The summed E-state index contributed by atoms with van der Waals surface area (Å²) in [4.78, 5) is 44.9. The number of carbonyl (C=O) groups excluding carboxylic acids is 1. The SMILES string of the molecule is Cc1cc(Cl)cc(NC(=O)O/N=C(/C[C@H]2O[C@@H]3C[C@]4(C)CC[C@H]5[C@H](C)CC[C@@H]([C@H]2C)[C@@]35OO4)[C@H]2O[C@@H]3C[C@]4(C)CC[C@H]5[C@H](C)CC[C@@H]([C@H]2C)[C@@]35OO4)c1. The summed E-state index contributed by atoms with van der Waals surface area (Å²) in [5.41, 5.74) is 0.461. The van der Waals surface area contributed by atoms with E-state index in [0.717, 1.165) is 63.4 Å². The first-order chi connectivity index (χ1) is 25.2. The minimum atomic E-state index is -0.673. The Morgan fingerprint density at radius 3 is 1.98 bits per heavy atom. The highest BCUT2D eigenvalue weighted by atomic mass is 35.5. The molecule has 1 N–H and O–H groups in total. The fourth-order valence-electron chi connectivity index (χ4n) is 13.1. The minimum absolute atomic E-state index is 0.0444. The van der Waals surface area contributed by atoms with Crippen LogP contribution in [0.4, 0.5) is 10.5 Å². The molecule has 10 aliphatic rings. The molecule has 16 atom stereocenters. The topological polar surface area (TPSA) is 106 Å². The highest BCUT2D eigenvalue weighted by Gasteiger charge is 2.70. The van der Waals surface area contributed by atoms with Crippen LogP contribution in [0.3, 0.4) is 0 Å². The summed E-state index contributed by atoms with van der Waals surface area (Å²) in [5, 5.41) is 8.11. The van der Waals surface area contributed by atoms with Gasteiger partial charge in [0.25, 0.3) is 0 Å². The highest BCUT2D eigenvalue weighted by molar-refractivity contribution is 6.31. The Bertz CT molecular complexity index is 1620. The second-order valence-electron chi connectivity index (χ2n) is 19.2. The van der Waals surface area contributed by atoms with Gasteiger partial charge in [0.2, 0.25) is 0 Å². The monoisotopic (exact) mass is 754 g/mol. The summed E-state index contributed by atoms with van der Waals surface area (Å²) >= 11 is 6.30. The molecule has 4 bridgehead atoms. The zero-order chi connectivity index (χ0) is 37.1. The van der Waals surface area contributed by atoms with Crippen LogP contribution >= 0.6 is 11.6 Å². The van der Waals surface area contributed by atoms with Crippen molar-refractivity contribution in [3.05, 3.63) is 28.8 Å². The predicted molar refractivity (Wildman–Crippen MR) is 199 cm³/mol. The molecule has 1 aromatic carbocycles. The molecule has 11 rings (SSSR count). The number of ether oxygens (including phenoxy) is 2. The fourth-order valence-corrected chi connectivity index (χ4v) is 13.4. The lowest BCUT2D eigenvalue weighted by molar-refractivity contribution is -0.487. The first kappa shape index (κ1) is 36.8. The van der Waals surface area contributed by atoms with Gasteiger partial charge in [-0.3, -0.25) is 10.2 Å². The Labute approximate surface area is 319 Å². The zero-order valence-corrected chi connectivity index (χ0v) is 33.3. The quantitative estimate of drug-likeness (QED) is 0.137. The molecule has 10 fully saturated rings. The van der Waals surface area contributed by atoms with Crippen LogP contribution in [0.2, 0.25) is 5.02 Å². The van der Waals surface area contributed by atoms with Crippen molar-refractivity contribution in [2.24, 2.45) is 52.5 Å². The second kappa shape index (κ2) is 13.1. The van der Waals surface area contributed by atoms with Gasteiger partial charge in [0, 0.05) is 30.0 Å². The largest absolute Gasteiger partial charge is 0.437 e. The van der Waals surface area contributed by atoms with Crippen molar-refractivity contribution >= 4 is 29.1 Å². The van der Waals surface area contributed by atoms with E-state index in [9.17, 15) is 4.79 Å². The van der Waals surface area contributed by atoms with E-state index in [1.54, 1.807) is 6.07 Å². The van der Waals surface area contributed by atoms with Crippen LogP contribution in [-0.4, -0.2) is 58.6 Å². The van der Waals surface area contributed by atoms with E-state index in [1.165, 1.54) is 6.42 Å². The van der Waals surface area contributed by atoms with Gasteiger partial charge in [0.1, 0.15) is 28.5 Å². The molecular formula is C42H59ClN2O8. The Morgan fingerprint density at radius 2 is 1.38 bits per heavy atom. The first-order valence-electron chi connectivity index (χ1n) is 20.6. The Balaban J connectivity index is 1.05. The molecule has 53 heavy (non-hydrogen) atoms. The molecule has 292 valence electrons. The van der Waals surface area contributed by atoms with Crippen molar-refractivity contribution in [1.82, 2.24) is 0 Å². The number of benzene rings is 1. The van der Waals surface area contributed by atoms with Crippen molar-refractivity contribution in [2.75, 3.05) is 5.32 Å². The standard InChI is InChI=1S/C42H59ClN2O8/c1-22-16-27(43)18-28(17-22)44-38(46)49-45-33(37-26(5)32-11-9-24(3)30-13-15-40(7)21-36(48-37)42(30,32)53-51-40)19-34-25(4)31-10-8-23(2)29-12-14-39(6)20-35(47-34)41(29,31)52-50-39/h16-18,23-26,29-32,34-37H,8-15,19-21H2,1-7H3,(H,44,46)/b45-33-/t23-,24-,25-,26-,29+,30+,31+,32+,34-,35-,36-,37+,39+,40+,41-,42-/m1/s1. The molecule has 10 nitrogen and oxygen atoms in total. The highest BCUT2D eigenvalue weighted by Crippen LogP contribution is 2.63. The van der Waals surface area contributed by atoms with E-state index >= 15 is 0 Å². The Hall–Kier alpha value is -1.79.